The maximum Gasteiger partial charge on any atom is 0.161 e. The molecule has 0 heterocycles. The van der Waals surface area contributed by atoms with Gasteiger partial charge in [-0.15, -0.1) is 0 Å². The summed E-state index contributed by atoms with van der Waals surface area (Å²) in [6.07, 6.45) is -0.629. The first-order valence-corrected chi connectivity index (χ1v) is 2.84. The molecular formula is C5H8NO5-. The van der Waals surface area contributed by atoms with Crippen LogP contribution in [-0.4, -0.2) is 25.1 Å². The summed E-state index contributed by atoms with van der Waals surface area (Å²) < 4.78 is 0. The van der Waals surface area contributed by atoms with E-state index in [1.54, 1.807) is 0 Å². The minimum atomic E-state index is -1.49. The molecule has 0 aliphatic rings. The van der Waals surface area contributed by atoms with Crippen molar-refractivity contribution in [2.24, 2.45) is 0 Å². The van der Waals surface area contributed by atoms with Crippen molar-refractivity contribution in [1.29, 1.82) is 0 Å². The number of rotatable bonds is 5. The Morgan fingerprint density at radius 1 is 1.55 bits per heavy atom. The van der Waals surface area contributed by atoms with Crippen LogP contribution in [0.3, 0.4) is 0 Å². The lowest BCUT2D eigenvalue weighted by molar-refractivity contribution is -0.906. The molecule has 0 bridgehead atoms. The van der Waals surface area contributed by atoms with Crippen LogP contribution in [-0.2, 0) is 14.4 Å². The van der Waals surface area contributed by atoms with Crippen LogP contribution in [0.5, 0.6) is 0 Å². The summed E-state index contributed by atoms with van der Waals surface area (Å²) in [4.78, 5) is 24.4. The molecule has 0 amide bonds. The van der Waals surface area contributed by atoms with E-state index in [4.69, 9.17) is 0 Å². The van der Waals surface area contributed by atoms with Gasteiger partial charge in [-0.1, -0.05) is 0 Å². The first kappa shape index (κ1) is 9.86. The minimum Gasteiger partial charge on any atom is -0.550 e. The van der Waals surface area contributed by atoms with E-state index in [-0.39, 0.29) is 0 Å². The van der Waals surface area contributed by atoms with Crippen LogP contribution in [0, 0.1) is 0 Å². The third kappa shape index (κ3) is 4.29. The summed E-state index contributed by atoms with van der Waals surface area (Å²) >= 11 is 0. The summed E-state index contributed by atoms with van der Waals surface area (Å²) in [5.74, 6) is -2.94. The van der Waals surface area contributed by atoms with Crippen LogP contribution < -0.4 is 15.7 Å². The lowest BCUT2D eigenvalue weighted by Crippen LogP contribution is -2.92. The molecule has 0 saturated heterocycles. The Kier molecular flexibility index (Phi) is 4.16. The van der Waals surface area contributed by atoms with Gasteiger partial charge in [0.2, 0.25) is 0 Å². The average molecular weight is 162 g/mol. The predicted octanol–water partition coefficient (Wildman–Crippen LogP) is -4.63. The van der Waals surface area contributed by atoms with Crippen LogP contribution >= 0.6 is 0 Å². The highest BCUT2D eigenvalue weighted by atomic mass is 16.6. The zero-order chi connectivity index (χ0) is 8.85. The molecule has 0 aromatic rings. The molecule has 0 saturated carbocycles. The third-order valence-electron chi connectivity index (χ3n) is 0.990. The monoisotopic (exact) mass is 162 g/mol. The van der Waals surface area contributed by atoms with Crippen molar-refractivity contribution in [3.63, 3.8) is 0 Å². The number of carboxylic acids is 2. The maximum absolute atomic E-state index is 10.1. The number of carboxylic acid groups (broad SMARTS) is 2. The van der Waals surface area contributed by atoms with E-state index in [2.05, 4.69) is 4.84 Å². The van der Waals surface area contributed by atoms with Gasteiger partial charge in [-0.3, -0.25) is 0 Å². The van der Waals surface area contributed by atoms with Crippen molar-refractivity contribution in [3.8, 4) is 0 Å². The van der Waals surface area contributed by atoms with Gasteiger partial charge in [0.15, 0.2) is 6.04 Å². The molecule has 0 rings (SSSR count). The molecule has 2 N–H and O–H groups in total. The number of hydroxylamine groups is 1. The van der Waals surface area contributed by atoms with Crippen molar-refractivity contribution in [1.82, 2.24) is 0 Å². The number of carbonyl (C=O) groups excluding carboxylic acids is 2. The summed E-state index contributed by atoms with van der Waals surface area (Å²) in [7, 11) is 1.23. The molecule has 0 fully saturated rings. The first-order chi connectivity index (χ1) is 5.07. The molecular weight excluding hydrogens is 154 g/mol. The average Bonchev–Trinajstić information content (AvgIpc) is 1.86. The number of hydrogen-bond acceptors (Lipinski definition) is 5. The van der Waals surface area contributed by atoms with Gasteiger partial charge in [0, 0.05) is 12.4 Å². The molecule has 64 valence electrons. The van der Waals surface area contributed by atoms with Gasteiger partial charge in [0.1, 0.15) is 5.97 Å². The Balaban J connectivity index is 3.89. The van der Waals surface area contributed by atoms with Gasteiger partial charge >= 0.3 is 0 Å². The minimum absolute atomic E-state index is 0.629. The van der Waals surface area contributed by atoms with Crippen molar-refractivity contribution in [2.75, 3.05) is 7.11 Å². The van der Waals surface area contributed by atoms with Gasteiger partial charge in [-0.25, -0.2) is 4.84 Å². The van der Waals surface area contributed by atoms with E-state index >= 15 is 0 Å². The molecule has 0 aliphatic heterocycles. The fraction of sp³-hybridized carbons (Fsp3) is 0.600. The maximum atomic E-state index is 10.1. The second-order valence-electron chi connectivity index (χ2n) is 1.87. The molecule has 0 radical (unpaired) electrons. The fourth-order valence-corrected chi connectivity index (χ4v) is 0.531. The first-order valence-electron chi connectivity index (χ1n) is 2.84. The summed E-state index contributed by atoms with van der Waals surface area (Å²) in [5.41, 5.74) is 0.880. The normalized spacial score (nSPS) is 12.5. The molecule has 0 spiro atoms. The van der Waals surface area contributed by atoms with E-state index in [9.17, 15) is 19.8 Å². The summed E-state index contributed by atoms with van der Waals surface area (Å²) in [5, 5.41) is 20.0. The van der Waals surface area contributed by atoms with Crippen LogP contribution in [0.25, 0.3) is 0 Å². The molecule has 6 heteroatoms. The Labute approximate surface area is 62.7 Å². The zero-order valence-electron chi connectivity index (χ0n) is 5.90. The van der Waals surface area contributed by atoms with E-state index in [0.717, 1.165) is 5.48 Å². The highest BCUT2D eigenvalue weighted by Crippen LogP contribution is 1.80. The fourth-order valence-electron chi connectivity index (χ4n) is 0.531. The van der Waals surface area contributed by atoms with E-state index < -0.39 is 24.4 Å². The lowest BCUT2D eigenvalue weighted by Gasteiger charge is -2.13. The molecule has 0 aromatic carbocycles. The Hall–Kier alpha value is -1.14. The van der Waals surface area contributed by atoms with Crippen LogP contribution in [0.15, 0.2) is 0 Å². The van der Waals surface area contributed by atoms with Gasteiger partial charge in [-0.2, -0.15) is 5.48 Å². The van der Waals surface area contributed by atoms with Gasteiger partial charge in [0.05, 0.1) is 7.11 Å². The van der Waals surface area contributed by atoms with Gasteiger partial charge < -0.3 is 19.8 Å². The third-order valence-corrected chi connectivity index (χ3v) is 0.990. The SMILES string of the molecule is CO[NH2+]C(CC(=O)[O-])C(=O)[O-]. The second-order valence-corrected chi connectivity index (χ2v) is 1.87. The largest absolute Gasteiger partial charge is 0.550 e. The second kappa shape index (κ2) is 4.64. The number of nitrogens with two attached hydrogens (primary N) is 1. The van der Waals surface area contributed by atoms with Crippen molar-refractivity contribution < 1.29 is 30.1 Å². The number of quaternary nitrogens is 1. The topological polar surface area (TPSA) is 106 Å². The Morgan fingerprint density at radius 2 is 2.09 bits per heavy atom. The standard InChI is InChI=1S/C5H9NO5/c1-11-6-3(5(9)10)2-4(7)8/h3,6H,2H2,1H3,(H,7,8)(H,9,10)/p-1. The number of aliphatic carboxylic acids is 2. The Morgan fingerprint density at radius 3 is 2.36 bits per heavy atom. The van der Waals surface area contributed by atoms with Crippen molar-refractivity contribution in [2.45, 2.75) is 12.5 Å². The van der Waals surface area contributed by atoms with Crippen LogP contribution in [0.1, 0.15) is 6.42 Å². The van der Waals surface area contributed by atoms with E-state index in [1.165, 1.54) is 7.11 Å². The van der Waals surface area contributed by atoms with Crippen LogP contribution in [0.2, 0.25) is 0 Å². The van der Waals surface area contributed by atoms with Crippen LogP contribution in [0.4, 0.5) is 0 Å². The highest BCUT2D eigenvalue weighted by molar-refractivity contribution is 5.76. The molecule has 6 nitrogen and oxygen atoms in total. The predicted molar refractivity (Wildman–Crippen MR) is 27.4 cm³/mol. The summed E-state index contributed by atoms with van der Waals surface area (Å²) in [6, 6.07) is -1.25. The smallest absolute Gasteiger partial charge is 0.161 e. The quantitative estimate of drug-likeness (QED) is 0.409. The molecule has 1 unspecified atom stereocenters. The van der Waals surface area contributed by atoms with E-state index in [0.29, 0.717) is 0 Å². The molecule has 0 aromatic heterocycles. The summed E-state index contributed by atoms with van der Waals surface area (Å²) in [6.45, 7) is 0. The number of carbonyl (C=O) groups is 2. The Bertz CT molecular complexity index is 157. The highest BCUT2D eigenvalue weighted by Gasteiger charge is 2.13. The van der Waals surface area contributed by atoms with Gasteiger partial charge in [0.25, 0.3) is 0 Å². The molecule has 0 aliphatic carbocycles. The van der Waals surface area contributed by atoms with Gasteiger partial charge in [-0.05, 0) is 0 Å². The van der Waals surface area contributed by atoms with E-state index in [1.807, 2.05) is 0 Å². The number of hydrogen-bond donors (Lipinski definition) is 1. The zero-order valence-corrected chi connectivity index (χ0v) is 5.90. The van der Waals surface area contributed by atoms with Crippen molar-refractivity contribution >= 4 is 11.9 Å². The van der Waals surface area contributed by atoms with Crippen molar-refractivity contribution in [3.05, 3.63) is 0 Å². The molecule has 11 heavy (non-hydrogen) atoms. The lowest BCUT2D eigenvalue weighted by atomic mass is 10.2. The molecule has 1 atom stereocenters.